The normalized spacial score (nSPS) is 21.2. The van der Waals surface area contributed by atoms with Crippen molar-refractivity contribution in [3.8, 4) is 11.3 Å². The van der Waals surface area contributed by atoms with Crippen LogP contribution in [0.25, 0.3) is 11.3 Å². The van der Waals surface area contributed by atoms with Crippen molar-refractivity contribution in [3.05, 3.63) is 42.1 Å². The van der Waals surface area contributed by atoms with E-state index in [0.717, 1.165) is 23.2 Å². The molecule has 0 amide bonds. The quantitative estimate of drug-likeness (QED) is 0.759. The second-order valence-corrected chi connectivity index (χ2v) is 5.98. The van der Waals surface area contributed by atoms with Gasteiger partial charge in [-0.05, 0) is 18.4 Å². The van der Waals surface area contributed by atoms with Crippen LogP contribution in [0.2, 0.25) is 0 Å². The van der Waals surface area contributed by atoms with Crippen LogP contribution in [0.1, 0.15) is 18.4 Å². The largest absolute Gasteiger partial charge is 0.481 e. The number of carboxylic acid groups (broad SMARTS) is 1. The molecule has 0 bridgehead atoms. The number of aromatic nitrogens is 2. The third kappa shape index (κ3) is 3.43. The lowest BCUT2D eigenvalue weighted by atomic mass is 9.82. The Kier molecular flexibility index (Phi) is 4.73. The van der Waals surface area contributed by atoms with Gasteiger partial charge in [-0.1, -0.05) is 30.3 Å². The summed E-state index contributed by atoms with van der Waals surface area (Å²) in [6.45, 7) is 1.87. The highest BCUT2D eigenvalue weighted by atomic mass is 16.5. The monoisotopic (exact) mass is 315 g/mol. The maximum atomic E-state index is 11.6. The Morgan fingerprint density at radius 1 is 1.39 bits per heavy atom. The fourth-order valence-electron chi connectivity index (χ4n) is 2.97. The number of carbonyl (C=O) groups is 1. The lowest BCUT2D eigenvalue weighted by Crippen LogP contribution is -2.46. The van der Waals surface area contributed by atoms with E-state index in [1.54, 1.807) is 6.20 Å². The van der Waals surface area contributed by atoms with Gasteiger partial charge in [0.1, 0.15) is 5.41 Å². The van der Waals surface area contributed by atoms with Crippen LogP contribution < -0.4 is 5.32 Å². The van der Waals surface area contributed by atoms with E-state index in [4.69, 9.17) is 4.74 Å². The summed E-state index contributed by atoms with van der Waals surface area (Å²) in [5.74, 6) is -0.792. The van der Waals surface area contributed by atoms with E-state index in [0.29, 0.717) is 26.1 Å². The summed E-state index contributed by atoms with van der Waals surface area (Å²) in [6, 6.07) is 9.96. The van der Waals surface area contributed by atoms with E-state index >= 15 is 0 Å². The smallest absolute Gasteiger partial charge is 0.313 e. The van der Waals surface area contributed by atoms with Crippen molar-refractivity contribution >= 4 is 5.97 Å². The fraction of sp³-hybridized carbons (Fsp3) is 0.412. The lowest BCUT2D eigenvalue weighted by Gasteiger charge is -2.33. The molecule has 3 rings (SSSR count). The van der Waals surface area contributed by atoms with Gasteiger partial charge in [-0.2, -0.15) is 5.10 Å². The van der Waals surface area contributed by atoms with Gasteiger partial charge in [0.2, 0.25) is 0 Å². The zero-order valence-corrected chi connectivity index (χ0v) is 12.9. The first-order valence-electron chi connectivity index (χ1n) is 7.81. The molecule has 6 heteroatoms. The summed E-state index contributed by atoms with van der Waals surface area (Å²) in [5.41, 5.74) is 2.22. The molecule has 1 aliphatic heterocycles. The Bertz CT molecular complexity index is 648. The van der Waals surface area contributed by atoms with Crippen LogP contribution in [0.4, 0.5) is 0 Å². The van der Waals surface area contributed by atoms with Gasteiger partial charge >= 0.3 is 5.97 Å². The highest BCUT2D eigenvalue weighted by Gasteiger charge is 2.40. The van der Waals surface area contributed by atoms with Gasteiger partial charge in [0.15, 0.2) is 0 Å². The fourth-order valence-corrected chi connectivity index (χ4v) is 2.97. The molecule has 1 aromatic heterocycles. The molecule has 6 nitrogen and oxygen atoms in total. The molecule has 0 saturated carbocycles. The van der Waals surface area contributed by atoms with Crippen molar-refractivity contribution in [1.29, 1.82) is 0 Å². The van der Waals surface area contributed by atoms with Gasteiger partial charge in [0, 0.05) is 25.3 Å². The molecule has 1 aliphatic rings. The van der Waals surface area contributed by atoms with Crippen molar-refractivity contribution in [2.24, 2.45) is 5.41 Å². The SMILES string of the molecule is O=C(O)C1(CNCc2cn[nH]c2-c2ccccc2)CCCOC1. The topological polar surface area (TPSA) is 87.2 Å². The van der Waals surface area contributed by atoms with E-state index in [-0.39, 0.29) is 6.61 Å². The number of aliphatic carboxylic acids is 1. The Hall–Kier alpha value is -2.18. The number of nitrogens with one attached hydrogen (secondary N) is 2. The first-order valence-corrected chi connectivity index (χ1v) is 7.81. The molecule has 1 aromatic carbocycles. The molecule has 2 aromatic rings. The number of aromatic amines is 1. The molecule has 0 aliphatic carbocycles. The standard InChI is InChI=1S/C17H21N3O3/c21-16(22)17(7-4-8-23-12-17)11-18-9-14-10-19-20-15(14)13-5-2-1-3-6-13/h1-3,5-6,10,18H,4,7-9,11-12H2,(H,19,20)(H,21,22). The lowest BCUT2D eigenvalue weighted by molar-refractivity contribution is -0.156. The molecule has 1 fully saturated rings. The van der Waals surface area contributed by atoms with Gasteiger partial charge in [-0.3, -0.25) is 9.89 Å². The second kappa shape index (κ2) is 6.93. The van der Waals surface area contributed by atoms with E-state index < -0.39 is 11.4 Å². The number of hydrogen-bond donors (Lipinski definition) is 3. The second-order valence-electron chi connectivity index (χ2n) is 5.98. The Morgan fingerprint density at radius 3 is 2.91 bits per heavy atom. The third-order valence-corrected chi connectivity index (χ3v) is 4.34. The van der Waals surface area contributed by atoms with Crippen molar-refractivity contribution in [1.82, 2.24) is 15.5 Å². The van der Waals surface area contributed by atoms with E-state index in [2.05, 4.69) is 15.5 Å². The summed E-state index contributed by atoms with van der Waals surface area (Å²) in [4.78, 5) is 11.6. The van der Waals surface area contributed by atoms with Crippen LogP contribution in [0.15, 0.2) is 36.5 Å². The number of H-pyrrole nitrogens is 1. The molecule has 1 atom stereocenters. The van der Waals surface area contributed by atoms with Crippen LogP contribution >= 0.6 is 0 Å². The van der Waals surface area contributed by atoms with Crippen LogP contribution in [0.3, 0.4) is 0 Å². The zero-order chi connectivity index (χ0) is 16.1. The number of hydrogen-bond acceptors (Lipinski definition) is 4. The average molecular weight is 315 g/mol. The first-order chi connectivity index (χ1) is 11.2. The highest BCUT2D eigenvalue weighted by Crippen LogP contribution is 2.28. The molecule has 0 radical (unpaired) electrons. The Morgan fingerprint density at radius 2 is 2.22 bits per heavy atom. The molecule has 23 heavy (non-hydrogen) atoms. The molecule has 122 valence electrons. The van der Waals surface area contributed by atoms with Gasteiger partial charge in [-0.25, -0.2) is 0 Å². The number of ether oxygens (including phenoxy) is 1. The van der Waals surface area contributed by atoms with Crippen molar-refractivity contribution < 1.29 is 14.6 Å². The van der Waals surface area contributed by atoms with E-state index in [1.165, 1.54) is 0 Å². The number of benzene rings is 1. The molecular formula is C17H21N3O3. The van der Waals surface area contributed by atoms with Crippen molar-refractivity contribution in [2.45, 2.75) is 19.4 Å². The van der Waals surface area contributed by atoms with Crippen LogP contribution in [-0.2, 0) is 16.1 Å². The summed E-state index contributed by atoms with van der Waals surface area (Å²) in [7, 11) is 0. The first kappa shape index (κ1) is 15.7. The Labute approximate surface area is 134 Å². The van der Waals surface area contributed by atoms with Crippen LogP contribution in [-0.4, -0.2) is 41.0 Å². The van der Waals surface area contributed by atoms with Gasteiger partial charge in [0.25, 0.3) is 0 Å². The van der Waals surface area contributed by atoms with Crippen molar-refractivity contribution in [3.63, 3.8) is 0 Å². The molecule has 2 heterocycles. The number of rotatable bonds is 6. The minimum absolute atomic E-state index is 0.270. The zero-order valence-electron chi connectivity index (χ0n) is 12.9. The predicted molar refractivity (Wildman–Crippen MR) is 85.9 cm³/mol. The molecule has 1 unspecified atom stereocenters. The molecular weight excluding hydrogens is 294 g/mol. The third-order valence-electron chi connectivity index (χ3n) is 4.34. The average Bonchev–Trinajstić information content (AvgIpc) is 3.05. The summed E-state index contributed by atoms with van der Waals surface area (Å²) < 4.78 is 5.39. The summed E-state index contributed by atoms with van der Waals surface area (Å²) in [5, 5.41) is 19.9. The Balaban J connectivity index is 1.65. The maximum absolute atomic E-state index is 11.6. The number of carboxylic acids is 1. The summed E-state index contributed by atoms with van der Waals surface area (Å²) >= 11 is 0. The maximum Gasteiger partial charge on any atom is 0.313 e. The minimum Gasteiger partial charge on any atom is -0.481 e. The van der Waals surface area contributed by atoms with Crippen LogP contribution in [0.5, 0.6) is 0 Å². The van der Waals surface area contributed by atoms with Gasteiger partial charge in [0.05, 0.1) is 18.5 Å². The van der Waals surface area contributed by atoms with Gasteiger partial charge in [-0.15, -0.1) is 0 Å². The van der Waals surface area contributed by atoms with E-state index in [1.807, 2.05) is 30.3 Å². The molecule has 3 N–H and O–H groups in total. The number of nitrogens with zero attached hydrogens (tertiary/aromatic N) is 1. The molecule has 0 spiro atoms. The summed E-state index contributed by atoms with van der Waals surface area (Å²) in [6.07, 6.45) is 3.21. The van der Waals surface area contributed by atoms with E-state index in [9.17, 15) is 9.90 Å². The highest BCUT2D eigenvalue weighted by molar-refractivity contribution is 5.75. The van der Waals surface area contributed by atoms with Crippen molar-refractivity contribution in [2.75, 3.05) is 19.8 Å². The van der Waals surface area contributed by atoms with Crippen LogP contribution in [0, 0.1) is 5.41 Å². The van der Waals surface area contributed by atoms with Gasteiger partial charge < -0.3 is 15.2 Å². The molecule has 1 saturated heterocycles. The minimum atomic E-state index is -0.825. The predicted octanol–water partition coefficient (Wildman–Crippen LogP) is 2.05.